The van der Waals surface area contributed by atoms with E-state index in [1.807, 2.05) is 12.1 Å². The van der Waals surface area contributed by atoms with Crippen molar-refractivity contribution in [1.29, 1.82) is 0 Å². The van der Waals surface area contributed by atoms with Gasteiger partial charge in [0.05, 0.1) is 5.69 Å². The van der Waals surface area contributed by atoms with Crippen LogP contribution in [0.25, 0.3) is 0 Å². The van der Waals surface area contributed by atoms with Gasteiger partial charge in [-0.1, -0.05) is 26.0 Å². The van der Waals surface area contributed by atoms with Gasteiger partial charge in [0.25, 0.3) is 0 Å². The quantitative estimate of drug-likeness (QED) is 0.913. The lowest BCUT2D eigenvalue weighted by molar-refractivity contribution is 0.240. The molecular formula is C21H28N4O. The van der Waals surface area contributed by atoms with Crippen LogP contribution in [-0.2, 0) is 19.5 Å². The summed E-state index contributed by atoms with van der Waals surface area (Å²) in [5.41, 5.74) is 3.69. The SMILES string of the molecule is CC(C)c1nc2c(c(N3CCCC3)n1)CCN(Cc1cccc(O)c1)C2. The van der Waals surface area contributed by atoms with Crippen LogP contribution in [0.1, 0.15) is 55.3 Å². The van der Waals surface area contributed by atoms with E-state index in [0.717, 1.165) is 50.5 Å². The van der Waals surface area contributed by atoms with Gasteiger partial charge in [0, 0.05) is 44.2 Å². The minimum absolute atomic E-state index is 0.334. The first kappa shape index (κ1) is 17.3. The second-order valence-electron chi connectivity index (χ2n) is 7.81. The van der Waals surface area contributed by atoms with Crippen LogP contribution in [0.4, 0.5) is 5.82 Å². The van der Waals surface area contributed by atoms with E-state index in [2.05, 4.69) is 29.7 Å². The maximum Gasteiger partial charge on any atom is 0.135 e. The van der Waals surface area contributed by atoms with Crippen LogP contribution in [0.2, 0.25) is 0 Å². The topological polar surface area (TPSA) is 52.5 Å². The molecule has 0 saturated carbocycles. The molecule has 1 N–H and O–H groups in total. The molecule has 5 nitrogen and oxygen atoms in total. The fourth-order valence-electron chi connectivity index (χ4n) is 3.98. The Kier molecular flexibility index (Phi) is 4.81. The molecular weight excluding hydrogens is 324 g/mol. The highest BCUT2D eigenvalue weighted by atomic mass is 16.3. The summed E-state index contributed by atoms with van der Waals surface area (Å²) in [5, 5.41) is 9.71. The molecule has 0 amide bonds. The van der Waals surface area contributed by atoms with Gasteiger partial charge in [-0.2, -0.15) is 0 Å². The molecule has 0 radical (unpaired) electrons. The predicted molar refractivity (Wildman–Crippen MR) is 103 cm³/mol. The third-order valence-electron chi connectivity index (χ3n) is 5.38. The van der Waals surface area contributed by atoms with E-state index in [9.17, 15) is 5.11 Å². The van der Waals surface area contributed by atoms with Crippen LogP contribution in [0.3, 0.4) is 0 Å². The summed E-state index contributed by atoms with van der Waals surface area (Å²) in [5.74, 6) is 2.82. The average molecular weight is 352 g/mol. The molecule has 0 atom stereocenters. The number of aromatic nitrogens is 2. The van der Waals surface area contributed by atoms with Crippen LogP contribution >= 0.6 is 0 Å². The number of phenols is 1. The summed E-state index contributed by atoms with van der Waals surface area (Å²) < 4.78 is 0. The largest absolute Gasteiger partial charge is 0.508 e. The van der Waals surface area contributed by atoms with Gasteiger partial charge in [-0.15, -0.1) is 0 Å². The number of anilines is 1. The Balaban J connectivity index is 1.61. The summed E-state index contributed by atoms with van der Waals surface area (Å²) in [6.45, 7) is 9.28. The third kappa shape index (κ3) is 3.54. The molecule has 1 aromatic heterocycles. The standard InChI is InChI=1S/C21H28N4O/c1-15(2)20-22-19-14-24(13-16-6-5-7-17(26)12-16)11-8-18(19)21(23-20)25-9-3-4-10-25/h5-7,12,15,26H,3-4,8-11,13-14H2,1-2H3. The number of rotatable bonds is 4. The Hall–Kier alpha value is -2.14. The van der Waals surface area contributed by atoms with Gasteiger partial charge in [0.2, 0.25) is 0 Å². The van der Waals surface area contributed by atoms with Gasteiger partial charge in [0.1, 0.15) is 17.4 Å². The molecule has 2 aliphatic heterocycles. The summed E-state index contributed by atoms with van der Waals surface area (Å²) in [6.07, 6.45) is 3.52. The number of phenolic OH excluding ortho intramolecular Hbond substituents is 1. The normalized spacial score (nSPS) is 17.7. The van der Waals surface area contributed by atoms with Crippen molar-refractivity contribution >= 4 is 5.82 Å². The first-order valence-corrected chi connectivity index (χ1v) is 9.75. The van der Waals surface area contributed by atoms with E-state index in [0.29, 0.717) is 11.7 Å². The number of aromatic hydroxyl groups is 1. The first-order chi connectivity index (χ1) is 12.6. The Morgan fingerprint density at radius 3 is 2.65 bits per heavy atom. The molecule has 0 bridgehead atoms. The van der Waals surface area contributed by atoms with Crippen LogP contribution in [0.5, 0.6) is 5.75 Å². The van der Waals surface area contributed by atoms with E-state index in [1.165, 1.54) is 29.9 Å². The molecule has 0 unspecified atom stereocenters. The average Bonchev–Trinajstić information content (AvgIpc) is 3.15. The summed E-state index contributed by atoms with van der Waals surface area (Å²) in [6, 6.07) is 7.56. The van der Waals surface area contributed by atoms with Gasteiger partial charge in [-0.3, -0.25) is 4.90 Å². The second kappa shape index (κ2) is 7.23. The van der Waals surface area contributed by atoms with Gasteiger partial charge >= 0.3 is 0 Å². The lowest BCUT2D eigenvalue weighted by Crippen LogP contribution is -2.33. The molecule has 2 aromatic rings. The van der Waals surface area contributed by atoms with Gasteiger partial charge in [-0.25, -0.2) is 9.97 Å². The molecule has 5 heteroatoms. The van der Waals surface area contributed by atoms with Crippen molar-refractivity contribution in [1.82, 2.24) is 14.9 Å². The van der Waals surface area contributed by atoms with Crippen LogP contribution < -0.4 is 4.90 Å². The molecule has 0 aliphatic carbocycles. The highest BCUT2D eigenvalue weighted by Gasteiger charge is 2.26. The number of fused-ring (bicyclic) bond motifs is 1. The zero-order valence-corrected chi connectivity index (χ0v) is 15.8. The summed E-state index contributed by atoms with van der Waals surface area (Å²) in [4.78, 5) is 14.8. The highest BCUT2D eigenvalue weighted by molar-refractivity contribution is 5.51. The fraction of sp³-hybridized carbons (Fsp3) is 0.524. The van der Waals surface area contributed by atoms with Crippen molar-refractivity contribution in [3.63, 3.8) is 0 Å². The minimum atomic E-state index is 0.334. The molecule has 26 heavy (non-hydrogen) atoms. The predicted octanol–water partition coefficient (Wildman–Crippen LogP) is 3.46. The Bertz CT molecular complexity index is 784. The van der Waals surface area contributed by atoms with Crippen molar-refractivity contribution in [3.05, 3.63) is 46.9 Å². The lowest BCUT2D eigenvalue weighted by atomic mass is 10.0. The Morgan fingerprint density at radius 2 is 1.92 bits per heavy atom. The van der Waals surface area contributed by atoms with Crippen molar-refractivity contribution in [2.45, 2.75) is 52.1 Å². The van der Waals surface area contributed by atoms with Crippen molar-refractivity contribution < 1.29 is 5.11 Å². The smallest absolute Gasteiger partial charge is 0.135 e. The second-order valence-corrected chi connectivity index (χ2v) is 7.81. The number of hydrogen-bond donors (Lipinski definition) is 1. The van der Waals surface area contributed by atoms with E-state index in [1.54, 1.807) is 6.07 Å². The highest BCUT2D eigenvalue weighted by Crippen LogP contribution is 2.30. The Morgan fingerprint density at radius 1 is 1.12 bits per heavy atom. The molecule has 2 aliphatic rings. The van der Waals surface area contributed by atoms with Crippen molar-refractivity contribution in [2.75, 3.05) is 24.5 Å². The fourth-order valence-corrected chi connectivity index (χ4v) is 3.98. The van der Waals surface area contributed by atoms with Crippen molar-refractivity contribution in [3.8, 4) is 5.75 Å². The first-order valence-electron chi connectivity index (χ1n) is 9.75. The summed E-state index contributed by atoms with van der Waals surface area (Å²) >= 11 is 0. The monoisotopic (exact) mass is 352 g/mol. The molecule has 1 aromatic carbocycles. The van der Waals surface area contributed by atoms with E-state index >= 15 is 0 Å². The number of hydrogen-bond acceptors (Lipinski definition) is 5. The number of benzene rings is 1. The van der Waals surface area contributed by atoms with Gasteiger partial charge < -0.3 is 10.0 Å². The molecule has 0 spiro atoms. The minimum Gasteiger partial charge on any atom is -0.508 e. The Labute approximate surface area is 155 Å². The van der Waals surface area contributed by atoms with E-state index in [-0.39, 0.29) is 0 Å². The van der Waals surface area contributed by atoms with Crippen LogP contribution in [-0.4, -0.2) is 39.6 Å². The zero-order valence-electron chi connectivity index (χ0n) is 15.8. The third-order valence-corrected chi connectivity index (χ3v) is 5.38. The van der Waals surface area contributed by atoms with E-state index in [4.69, 9.17) is 9.97 Å². The molecule has 3 heterocycles. The molecule has 138 valence electrons. The van der Waals surface area contributed by atoms with Crippen LogP contribution in [0.15, 0.2) is 24.3 Å². The van der Waals surface area contributed by atoms with E-state index < -0.39 is 0 Å². The zero-order chi connectivity index (χ0) is 18.1. The molecule has 4 rings (SSSR count). The molecule has 1 saturated heterocycles. The maximum atomic E-state index is 9.71. The van der Waals surface area contributed by atoms with Crippen LogP contribution in [0, 0.1) is 0 Å². The maximum absolute atomic E-state index is 9.71. The summed E-state index contributed by atoms with van der Waals surface area (Å²) in [7, 11) is 0. The lowest BCUT2D eigenvalue weighted by Gasteiger charge is -2.31. The number of nitrogens with zero attached hydrogens (tertiary/aromatic N) is 4. The van der Waals surface area contributed by atoms with Gasteiger partial charge in [-0.05, 0) is 37.0 Å². The van der Waals surface area contributed by atoms with Gasteiger partial charge in [0.15, 0.2) is 0 Å². The van der Waals surface area contributed by atoms with Crippen molar-refractivity contribution in [2.24, 2.45) is 0 Å². The molecule has 1 fully saturated rings.